The van der Waals surface area contributed by atoms with E-state index in [-0.39, 0.29) is 18.9 Å². The summed E-state index contributed by atoms with van der Waals surface area (Å²) in [6.07, 6.45) is -0.00973. The molecule has 0 aliphatic carbocycles. The number of aliphatic imine (C=N–C) groups is 1. The van der Waals surface area contributed by atoms with Crippen LogP contribution in [0, 0.1) is 0 Å². The molecule has 0 aromatic rings. The zero-order chi connectivity index (χ0) is 22.6. The minimum atomic E-state index is -1.25. The molecule has 14 nitrogen and oxygen atoms in total. The third-order valence-electron chi connectivity index (χ3n) is 3.50. The van der Waals surface area contributed by atoms with E-state index in [0.717, 1.165) is 0 Å². The fraction of sp³-hybridized carbons (Fsp3) is 0.600. The minimum absolute atomic E-state index is 0.0983. The van der Waals surface area contributed by atoms with E-state index in [4.69, 9.17) is 28.0 Å². The van der Waals surface area contributed by atoms with Gasteiger partial charge in [-0.05, 0) is 19.8 Å². The first-order valence-corrected chi connectivity index (χ1v) is 8.63. The number of nitrogens with one attached hydrogen (secondary N) is 3. The van der Waals surface area contributed by atoms with E-state index in [9.17, 15) is 24.0 Å². The molecule has 0 heterocycles. The lowest BCUT2D eigenvalue weighted by Crippen LogP contribution is -2.55. The number of carboxylic acids is 1. The van der Waals surface area contributed by atoms with Gasteiger partial charge in [-0.2, -0.15) is 0 Å². The van der Waals surface area contributed by atoms with Gasteiger partial charge in [0.25, 0.3) is 0 Å². The summed E-state index contributed by atoms with van der Waals surface area (Å²) in [5, 5.41) is 15.4. The van der Waals surface area contributed by atoms with Crippen LogP contribution in [0.4, 0.5) is 0 Å². The Hall–Kier alpha value is -3.42. The molecular formula is C15H28N8O6. The first kappa shape index (κ1) is 25.6. The van der Waals surface area contributed by atoms with E-state index >= 15 is 0 Å². The van der Waals surface area contributed by atoms with Crippen molar-refractivity contribution in [2.24, 2.45) is 27.9 Å². The summed E-state index contributed by atoms with van der Waals surface area (Å²) in [4.78, 5) is 61.5. The Bertz CT molecular complexity index is 649. The molecule has 164 valence electrons. The molecule has 0 radical (unpaired) electrons. The lowest BCUT2D eigenvalue weighted by molar-refractivity contribution is -0.138. The van der Waals surface area contributed by atoms with E-state index in [1.54, 1.807) is 0 Å². The molecule has 0 saturated carbocycles. The molecule has 0 aromatic carbocycles. The molecule has 0 aliphatic rings. The summed E-state index contributed by atoms with van der Waals surface area (Å²) in [5.41, 5.74) is 21.0. The third kappa shape index (κ3) is 11.8. The molecule has 3 atom stereocenters. The number of guanidine groups is 1. The monoisotopic (exact) mass is 416 g/mol. The number of aliphatic carboxylic acids is 1. The SMILES string of the molecule is CC(NC(=O)C(CCCN=C(N)N)NC(=O)C(N)CC(N)=O)C(=O)NCC(=O)O. The highest BCUT2D eigenvalue weighted by Crippen LogP contribution is 2.01. The summed E-state index contributed by atoms with van der Waals surface area (Å²) in [5.74, 6) is -4.39. The van der Waals surface area contributed by atoms with Gasteiger partial charge in [-0.3, -0.25) is 29.0 Å². The molecule has 0 bridgehead atoms. The molecule has 0 aromatic heterocycles. The maximum Gasteiger partial charge on any atom is 0.322 e. The topological polar surface area (TPSA) is 258 Å². The maximum atomic E-state index is 12.5. The summed E-state index contributed by atoms with van der Waals surface area (Å²) in [6, 6.07) is -3.43. The van der Waals surface area contributed by atoms with Crippen LogP contribution in [0.2, 0.25) is 0 Å². The maximum absolute atomic E-state index is 12.5. The second-order valence-electron chi connectivity index (χ2n) is 6.13. The highest BCUT2D eigenvalue weighted by Gasteiger charge is 2.26. The van der Waals surface area contributed by atoms with Gasteiger partial charge in [0, 0.05) is 6.54 Å². The second kappa shape index (κ2) is 12.9. The number of nitrogens with zero attached hydrogens (tertiary/aromatic N) is 1. The predicted molar refractivity (Wildman–Crippen MR) is 102 cm³/mol. The molecule has 0 rings (SSSR count). The Morgan fingerprint density at radius 1 is 1.00 bits per heavy atom. The molecule has 14 heteroatoms. The zero-order valence-corrected chi connectivity index (χ0v) is 16.0. The van der Waals surface area contributed by atoms with Gasteiger partial charge in [0.05, 0.1) is 12.5 Å². The van der Waals surface area contributed by atoms with E-state index < -0.39 is 60.7 Å². The van der Waals surface area contributed by atoms with Crippen molar-refractivity contribution in [3.05, 3.63) is 0 Å². The molecular weight excluding hydrogens is 388 g/mol. The number of hydrogen-bond acceptors (Lipinski definition) is 7. The Kier molecular flexibility index (Phi) is 11.4. The highest BCUT2D eigenvalue weighted by atomic mass is 16.4. The standard InChI is InChI=1S/C15H28N8O6/c1-7(12(27)21-6-11(25)26)22-14(29)9(3-2-4-20-15(18)19)23-13(28)8(16)5-10(17)24/h7-9H,2-6,16H2,1H3,(H2,17,24)(H,21,27)(H,22,29)(H,23,28)(H,25,26)(H4,18,19,20). The largest absolute Gasteiger partial charge is 0.480 e. The molecule has 0 aliphatic heterocycles. The van der Waals surface area contributed by atoms with Crippen LogP contribution in [0.5, 0.6) is 0 Å². The molecule has 4 amide bonds. The lowest BCUT2D eigenvalue weighted by Gasteiger charge is -2.22. The van der Waals surface area contributed by atoms with Crippen LogP contribution in [0.3, 0.4) is 0 Å². The van der Waals surface area contributed by atoms with Gasteiger partial charge in [0.2, 0.25) is 23.6 Å². The molecule has 0 fully saturated rings. The number of carboxylic acid groups (broad SMARTS) is 1. The smallest absolute Gasteiger partial charge is 0.322 e. The number of amides is 4. The van der Waals surface area contributed by atoms with E-state index in [1.807, 2.05) is 0 Å². The number of hydrogen-bond donors (Lipinski definition) is 8. The van der Waals surface area contributed by atoms with E-state index in [0.29, 0.717) is 6.42 Å². The van der Waals surface area contributed by atoms with Gasteiger partial charge < -0.3 is 44.0 Å². The zero-order valence-electron chi connectivity index (χ0n) is 16.0. The quantitative estimate of drug-likeness (QED) is 0.0814. The fourth-order valence-corrected chi connectivity index (χ4v) is 2.06. The Labute approximate surface area is 166 Å². The average Bonchev–Trinajstić information content (AvgIpc) is 2.60. The van der Waals surface area contributed by atoms with Crippen molar-refractivity contribution in [2.45, 2.75) is 44.3 Å². The number of rotatable bonds is 13. The van der Waals surface area contributed by atoms with Gasteiger partial charge in [-0.1, -0.05) is 0 Å². The second-order valence-corrected chi connectivity index (χ2v) is 6.13. The number of nitrogens with two attached hydrogens (primary N) is 4. The van der Waals surface area contributed by atoms with E-state index in [1.165, 1.54) is 6.92 Å². The van der Waals surface area contributed by atoms with Gasteiger partial charge in [0.1, 0.15) is 18.6 Å². The molecule has 0 spiro atoms. The Balaban J connectivity index is 5.00. The van der Waals surface area contributed by atoms with Crippen LogP contribution < -0.4 is 38.9 Å². The van der Waals surface area contributed by atoms with Crippen LogP contribution in [0.15, 0.2) is 4.99 Å². The number of primary amides is 1. The summed E-state index contributed by atoms with van der Waals surface area (Å²) in [7, 11) is 0. The van der Waals surface area contributed by atoms with Crippen molar-refractivity contribution in [3.8, 4) is 0 Å². The van der Waals surface area contributed by atoms with Crippen LogP contribution >= 0.6 is 0 Å². The number of carbonyl (C=O) groups is 5. The number of carbonyl (C=O) groups excluding carboxylic acids is 4. The van der Waals surface area contributed by atoms with Crippen LogP contribution in [-0.4, -0.2) is 71.9 Å². The Morgan fingerprint density at radius 2 is 1.62 bits per heavy atom. The van der Waals surface area contributed by atoms with Crippen molar-refractivity contribution < 1.29 is 29.1 Å². The van der Waals surface area contributed by atoms with Crippen molar-refractivity contribution >= 4 is 35.6 Å². The van der Waals surface area contributed by atoms with Crippen LogP contribution in [0.25, 0.3) is 0 Å². The first-order valence-electron chi connectivity index (χ1n) is 8.63. The summed E-state index contributed by atoms with van der Waals surface area (Å²) in [6.45, 7) is 0.913. The van der Waals surface area contributed by atoms with Crippen molar-refractivity contribution in [1.82, 2.24) is 16.0 Å². The van der Waals surface area contributed by atoms with Gasteiger partial charge >= 0.3 is 5.97 Å². The molecule has 0 saturated heterocycles. The minimum Gasteiger partial charge on any atom is -0.480 e. The Morgan fingerprint density at radius 3 is 2.14 bits per heavy atom. The van der Waals surface area contributed by atoms with Crippen molar-refractivity contribution in [3.63, 3.8) is 0 Å². The van der Waals surface area contributed by atoms with Gasteiger partial charge in [-0.15, -0.1) is 0 Å². The summed E-state index contributed by atoms with van der Waals surface area (Å²) < 4.78 is 0. The predicted octanol–water partition coefficient (Wildman–Crippen LogP) is -4.57. The summed E-state index contributed by atoms with van der Waals surface area (Å²) >= 11 is 0. The van der Waals surface area contributed by atoms with Crippen molar-refractivity contribution in [2.75, 3.05) is 13.1 Å². The van der Waals surface area contributed by atoms with Crippen LogP contribution in [0.1, 0.15) is 26.2 Å². The molecule has 12 N–H and O–H groups in total. The average molecular weight is 416 g/mol. The van der Waals surface area contributed by atoms with Crippen molar-refractivity contribution in [1.29, 1.82) is 0 Å². The van der Waals surface area contributed by atoms with E-state index in [2.05, 4.69) is 20.9 Å². The first-order chi connectivity index (χ1) is 13.4. The molecule has 29 heavy (non-hydrogen) atoms. The lowest BCUT2D eigenvalue weighted by atomic mass is 10.1. The fourth-order valence-electron chi connectivity index (χ4n) is 2.06. The van der Waals surface area contributed by atoms with Gasteiger partial charge in [-0.25, -0.2) is 0 Å². The third-order valence-corrected chi connectivity index (χ3v) is 3.50. The molecule has 3 unspecified atom stereocenters. The van der Waals surface area contributed by atoms with Crippen LogP contribution in [-0.2, 0) is 24.0 Å². The van der Waals surface area contributed by atoms with Gasteiger partial charge in [0.15, 0.2) is 5.96 Å². The highest BCUT2D eigenvalue weighted by molar-refractivity contribution is 5.94. The normalized spacial score (nSPS) is 13.3.